The maximum atomic E-state index is 9.24. The Balaban J connectivity index is 2.61. The van der Waals surface area contributed by atoms with Crippen LogP contribution in [0.5, 0.6) is 5.75 Å². The molecule has 0 amide bonds. The van der Waals surface area contributed by atoms with Crippen LogP contribution in [0.2, 0.25) is 0 Å². The Morgan fingerprint density at radius 3 is 2.69 bits per heavy atom. The van der Waals surface area contributed by atoms with Crippen molar-refractivity contribution in [3.63, 3.8) is 0 Å². The third-order valence-corrected chi connectivity index (χ3v) is 2.48. The lowest BCUT2D eigenvalue weighted by Gasteiger charge is -2.18. The highest BCUT2D eigenvalue weighted by atomic mass is 16.5. The molecule has 0 bridgehead atoms. The minimum atomic E-state index is -0.725. The molecule has 1 rings (SSSR count). The highest BCUT2D eigenvalue weighted by Gasteiger charge is 2.11. The number of hydrogen-bond acceptors (Lipinski definition) is 4. The van der Waals surface area contributed by atoms with Gasteiger partial charge in [-0.3, -0.25) is 0 Å². The van der Waals surface area contributed by atoms with Gasteiger partial charge in [-0.15, -0.1) is 0 Å². The molecule has 0 saturated carbocycles. The van der Waals surface area contributed by atoms with Crippen molar-refractivity contribution in [1.82, 2.24) is 5.32 Å². The standard InChI is InChI=1S/C12H19NO3/c1-9(13-7-10(15)8-14)11-5-3-4-6-12(11)16-2/h3-6,9-10,13-15H,7-8H2,1-2H3/t9-,10-/m0/s1. The Labute approximate surface area is 95.9 Å². The summed E-state index contributed by atoms with van der Waals surface area (Å²) in [6, 6.07) is 7.80. The van der Waals surface area contributed by atoms with E-state index >= 15 is 0 Å². The van der Waals surface area contributed by atoms with Crippen LogP contribution in [0.4, 0.5) is 0 Å². The third-order valence-electron chi connectivity index (χ3n) is 2.48. The number of hydrogen-bond donors (Lipinski definition) is 3. The van der Waals surface area contributed by atoms with E-state index in [0.29, 0.717) is 6.54 Å². The summed E-state index contributed by atoms with van der Waals surface area (Å²) < 4.78 is 5.25. The lowest BCUT2D eigenvalue weighted by Crippen LogP contribution is -2.31. The minimum absolute atomic E-state index is 0.0670. The second-order valence-electron chi connectivity index (χ2n) is 3.71. The minimum Gasteiger partial charge on any atom is -0.496 e. The number of aliphatic hydroxyl groups is 2. The van der Waals surface area contributed by atoms with E-state index in [1.165, 1.54) is 0 Å². The molecule has 1 aromatic carbocycles. The number of ether oxygens (including phenoxy) is 1. The fraction of sp³-hybridized carbons (Fsp3) is 0.500. The normalized spacial score (nSPS) is 14.5. The molecular formula is C12H19NO3. The van der Waals surface area contributed by atoms with E-state index in [-0.39, 0.29) is 12.6 Å². The molecule has 0 aliphatic heterocycles. The Kier molecular flexibility index (Phi) is 5.25. The summed E-state index contributed by atoms with van der Waals surface area (Å²) >= 11 is 0. The molecule has 0 fully saturated rings. The van der Waals surface area contributed by atoms with Crippen LogP contribution in [0.15, 0.2) is 24.3 Å². The summed E-state index contributed by atoms with van der Waals surface area (Å²) in [6.45, 7) is 2.11. The van der Waals surface area contributed by atoms with Gasteiger partial charge in [0.25, 0.3) is 0 Å². The van der Waals surface area contributed by atoms with Gasteiger partial charge in [0.15, 0.2) is 0 Å². The van der Waals surface area contributed by atoms with Crippen LogP contribution in [0.25, 0.3) is 0 Å². The van der Waals surface area contributed by atoms with Gasteiger partial charge in [0.2, 0.25) is 0 Å². The second-order valence-corrected chi connectivity index (χ2v) is 3.71. The highest BCUT2D eigenvalue weighted by Crippen LogP contribution is 2.23. The van der Waals surface area contributed by atoms with Gasteiger partial charge in [-0.1, -0.05) is 18.2 Å². The molecule has 0 aromatic heterocycles. The number of methoxy groups -OCH3 is 1. The predicted molar refractivity (Wildman–Crippen MR) is 62.5 cm³/mol. The summed E-state index contributed by atoms with van der Waals surface area (Å²) in [5.41, 5.74) is 1.04. The van der Waals surface area contributed by atoms with Crippen LogP contribution in [0, 0.1) is 0 Å². The first-order valence-corrected chi connectivity index (χ1v) is 5.34. The van der Waals surface area contributed by atoms with Gasteiger partial charge in [0, 0.05) is 18.2 Å². The van der Waals surface area contributed by atoms with Crippen LogP contribution < -0.4 is 10.1 Å². The van der Waals surface area contributed by atoms with E-state index in [4.69, 9.17) is 9.84 Å². The van der Waals surface area contributed by atoms with Gasteiger partial charge in [-0.2, -0.15) is 0 Å². The van der Waals surface area contributed by atoms with Crippen molar-refractivity contribution in [3.05, 3.63) is 29.8 Å². The molecule has 0 aliphatic rings. The maximum absolute atomic E-state index is 9.24. The third kappa shape index (κ3) is 3.48. The smallest absolute Gasteiger partial charge is 0.123 e. The Bertz CT molecular complexity index is 317. The molecule has 90 valence electrons. The molecule has 16 heavy (non-hydrogen) atoms. The molecule has 0 radical (unpaired) electrons. The largest absolute Gasteiger partial charge is 0.496 e. The van der Waals surface area contributed by atoms with Crippen LogP contribution >= 0.6 is 0 Å². The number of para-hydroxylation sites is 1. The lowest BCUT2D eigenvalue weighted by atomic mass is 10.1. The van der Waals surface area contributed by atoms with Crippen molar-refractivity contribution in [1.29, 1.82) is 0 Å². The van der Waals surface area contributed by atoms with E-state index < -0.39 is 6.10 Å². The zero-order valence-electron chi connectivity index (χ0n) is 9.68. The molecule has 4 heteroatoms. The first-order chi connectivity index (χ1) is 7.69. The monoisotopic (exact) mass is 225 g/mol. The molecule has 3 N–H and O–H groups in total. The summed E-state index contributed by atoms with van der Waals surface area (Å²) in [6.07, 6.45) is -0.725. The van der Waals surface area contributed by atoms with E-state index in [1.807, 2.05) is 31.2 Å². The first-order valence-electron chi connectivity index (χ1n) is 5.34. The van der Waals surface area contributed by atoms with Crippen molar-refractivity contribution in [2.75, 3.05) is 20.3 Å². The average Bonchev–Trinajstić information content (AvgIpc) is 2.35. The number of rotatable bonds is 6. The lowest BCUT2D eigenvalue weighted by molar-refractivity contribution is 0.0923. The molecule has 0 saturated heterocycles. The summed E-state index contributed by atoms with van der Waals surface area (Å²) in [4.78, 5) is 0. The van der Waals surface area contributed by atoms with E-state index in [0.717, 1.165) is 11.3 Å². The maximum Gasteiger partial charge on any atom is 0.123 e. The Morgan fingerprint density at radius 1 is 1.38 bits per heavy atom. The second kappa shape index (κ2) is 6.48. The fourth-order valence-corrected chi connectivity index (χ4v) is 1.51. The van der Waals surface area contributed by atoms with Gasteiger partial charge in [-0.05, 0) is 13.0 Å². The molecule has 0 spiro atoms. The molecule has 0 aliphatic carbocycles. The Hall–Kier alpha value is -1.10. The van der Waals surface area contributed by atoms with Crippen molar-refractivity contribution >= 4 is 0 Å². The summed E-state index contributed by atoms with van der Waals surface area (Å²) in [7, 11) is 1.63. The average molecular weight is 225 g/mol. The van der Waals surface area contributed by atoms with Gasteiger partial charge in [0.05, 0.1) is 19.8 Å². The SMILES string of the molecule is COc1ccccc1[C@H](C)NC[C@H](O)CO. The molecule has 4 nitrogen and oxygen atoms in total. The van der Waals surface area contributed by atoms with Crippen molar-refractivity contribution < 1.29 is 14.9 Å². The topological polar surface area (TPSA) is 61.7 Å². The number of nitrogens with one attached hydrogen (secondary N) is 1. The van der Waals surface area contributed by atoms with E-state index in [9.17, 15) is 5.11 Å². The van der Waals surface area contributed by atoms with E-state index in [1.54, 1.807) is 7.11 Å². The van der Waals surface area contributed by atoms with Crippen LogP contribution in [-0.2, 0) is 0 Å². The van der Waals surface area contributed by atoms with Gasteiger partial charge in [-0.25, -0.2) is 0 Å². The van der Waals surface area contributed by atoms with Crippen LogP contribution in [-0.4, -0.2) is 36.6 Å². The highest BCUT2D eigenvalue weighted by molar-refractivity contribution is 5.35. The first kappa shape index (κ1) is 13.0. The predicted octanol–water partition coefficient (Wildman–Crippen LogP) is 0.699. The number of benzene rings is 1. The molecule has 2 atom stereocenters. The number of aliphatic hydroxyl groups excluding tert-OH is 2. The molecule has 0 heterocycles. The van der Waals surface area contributed by atoms with Gasteiger partial charge >= 0.3 is 0 Å². The summed E-state index contributed by atoms with van der Waals surface area (Å²) in [5, 5.41) is 21.1. The van der Waals surface area contributed by atoms with Crippen molar-refractivity contribution in [2.24, 2.45) is 0 Å². The fourth-order valence-electron chi connectivity index (χ4n) is 1.51. The van der Waals surface area contributed by atoms with Gasteiger partial charge < -0.3 is 20.3 Å². The van der Waals surface area contributed by atoms with E-state index in [2.05, 4.69) is 5.32 Å². The summed E-state index contributed by atoms with van der Waals surface area (Å²) in [5.74, 6) is 0.820. The van der Waals surface area contributed by atoms with Crippen LogP contribution in [0.3, 0.4) is 0 Å². The zero-order chi connectivity index (χ0) is 12.0. The molecular weight excluding hydrogens is 206 g/mol. The molecule has 1 aromatic rings. The Morgan fingerprint density at radius 2 is 2.06 bits per heavy atom. The van der Waals surface area contributed by atoms with Crippen molar-refractivity contribution in [2.45, 2.75) is 19.1 Å². The van der Waals surface area contributed by atoms with Crippen LogP contribution in [0.1, 0.15) is 18.5 Å². The molecule has 0 unspecified atom stereocenters. The van der Waals surface area contributed by atoms with Gasteiger partial charge in [0.1, 0.15) is 5.75 Å². The van der Waals surface area contributed by atoms with Crippen molar-refractivity contribution in [3.8, 4) is 5.75 Å². The quantitative estimate of drug-likeness (QED) is 0.667. The zero-order valence-corrected chi connectivity index (χ0v) is 9.68.